The number of carbonyl (C=O) groups excluding carboxylic acids is 2. The van der Waals surface area contributed by atoms with Crippen molar-refractivity contribution in [3.8, 4) is 11.1 Å². The highest BCUT2D eigenvalue weighted by Crippen LogP contribution is 2.33. The van der Waals surface area contributed by atoms with E-state index in [4.69, 9.17) is 16.3 Å². The van der Waals surface area contributed by atoms with E-state index < -0.39 is 5.60 Å². The van der Waals surface area contributed by atoms with Crippen molar-refractivity contribution in [2.75, 3.05) is 31.1 Å². The highest BCUT2D eigenvalue weighted by atomic mass is 35.5. The smallest absolute Gasteiger partial charge is 0.410 e. The molecule has 1 aliphatic rings. The number of nitrogens with zero attached hydrogens (tertiary/aromatic N) is 3. The maximum atomic E-state index is 12.3. The molecule has 1 aromatic heterocycles. The molecule has 1 fully saturated rings. The molecule has 1 N–H and O–H groups in total. The Morgan fingerprint density at radius 2 is 1.81 bits per heavy atom. The lowest BCUT2D eigenvalue weighted by Crippen LogP contribution is -2.50. The molecule has 1 aliphatic heterocycles. The van der Waals surface area contributed by atoms with Crippen molar-refractivity contribution < 1.29 is 14.3 Å². The van der Waals surface area contributed by atoms with Crippen LogP contribution in [0.5, 0.6) is 0 Å². The fourth-order valence-corrected chi connectivity index (χ4v) is 3.96. The normalized spacial score (nSPS) is 14.7. The molecule has 1 saturated heterocycles. The summed E-state index contributed by atoms with van der Waals surface area (Å²) in [5.74, 6) is 0. The fourth-order valence-electron chi connectivity index (χ4n) is 3.69. The van der Waals surface area contributed by atoms with Crippen LogP contribution in [0.1, 0.15) is 31.3 Å². The summed E-state index contributed by atoms with van der Waals surface area (Å²) >= 11 is 6.47. The second-order valence-corrected chi connectivity index (χ2v) is 9.01. The van der Waals surface area contributed by atoms with E-state index in [0.717, 1.165) is 41.6 Å². The second-order valence-electron chi connectivity index (χ2n) is 8.61. The number of fused-ring (bicyclic) bond motifs is 1. The van der Waals surface area contributed by atoms with E-state index in [1.165, 1.54) is 0 Å². The van der Waals surface area contributed by atoms with Gasteiger partial charge in [-0.1, -0.05) is 23.7 Å². The summed E-state index contributed by atoms with van der Waals surface area (Å²) in [6.45, 7) is 8.34. The van der Waals surface area contributed by atoms with Crippen molar-refractivity contribution in [3.63, 3.8) is 0 Å². The molecule has 2 aromatic carbocycles. The Morgan fingerprint density at radius 3 is 2.42 bits per heavy atom. The SMILES string of the molecule is CC(C)(C)OC(=O)N1CCN(c2ccc(-c3cc4c(C=O)[nH]nc4cc3Cl)cc2)CC1. The molecular formula is C23H25ClN4O3. The summed E-state index contributed by atoms with van der Waals surface area (Å²) in [5.41, 5.74) is 3.50. The van der Waals surface area contributed by atoms with Crippen molar-refractivity contribution in [2.45, 2.75) is 26.4 Å². The van der Waals surface area contributed by atoms with E-state index in [2.05, 4.69) is 27.2 Å². The van der Waals surface area contributed by atoms with Crippen molar-refractivity contribution >= 4 is 40.6 Å². The number of ether oxygens (including phenoxy) is 1. The lowest BCUT2D eigenvalue weighted by atomic mass is 10.0. The Morgan fingerprint density at radius 1 is 1.13 bits per heavy atom. The summed E-state index contributed by atoms with van der Waals surface area (Å²) in [4.78, 5) is 27.5. The first-order valence-corrected chi connectivity index (χ1v) is 10.6. The van der Waals surface area contributed by atoms with Gasteiger partial charge in [0, 0.05) is 42.8 Å². The molecule has 0 unspecified atom stereocenters. The summed E-state index contributed by atoms with van der Waals surface area (Å²) < 4.78 is 5.46. The monoisotopic (exact) mass is 440 g/mol. The third kappa shape index (κ3) is 4.51. The number of halogens is 1. The molecule has 0 saturated carbocycles. The molecule has 0 radical (unpaired) electrons. The van der Waals surface area contributed by atoms with Gasteiger partial charge in [-0.05, 0) is 50.6 Å². The number of anilines is 1. The van der Waals surface area contributed by atoms with Gasteiger partial charge in [0.2, 0.25) is 0 Å². The molecule has 3 aromatic rings. The molecule has 0 spiro atoms. The Kier molecular flexibility index (Phi) is 5.62. The van der Waals surface area contributed by atoms with Crippen molar-refractivity contribution in [3.05, 3.63) is 47.1 Å². The van der Waals surface area contributed by atoms with Crippen molar-refractivity contribution in [1.82, 2.24) is 15.1 Å². The number of aldehydes is 1. The van der Waals surface area contributed by atoms with Crippen LogP contribution < -0.4 is 4.90 Å². The molecular weight excluding hydrogens is 416 g/mol. The van der Waals surface area contributed by atoms with Gasteiger partial charge in [-0.15, -0.1) is 0 Å². The summed E-state index contributed by atoms with van der Waals surface area (Å²) in [6, 6.07) is 11.8. The Labute approximate surface area is 185 Å². The molecule has 8 heteroatoms. The number of rotatable bonds is 3. The number of hydrogen-bond acceptors (Lipinski definition) is 5. The quantitative estimate of drug-likeness (QED) is 0.594. The van der Waals surface area contributed by atoms with Gasteiger partial charge in [-0.3, -0.25) is 9.89 Å². The van der Waals surface area contributed by atoms with Crippen LogP contribution in [0.15, 0.2) is 36.4 Å². The largest absolute Gasteiger partial charge is 0.444 e. The minimum atomic E-state index is -0.489. The van der Waals surface area contributed by atoms with Gasteiger partial charge >= 0.3 is 6.09 Å². The highest BCUT2D eigenvalue weighted by Gasteiger charge is 2.26. The molecule has 31 heavy (non-hydrogen) atoms. The number of carbonyl (C=O) groups is 2. The zero-order chi connectivity index (χ0) is 22.2. The van der Waals surface area contributed by atoms with Gasteiger partial charge in [0.1, 0.15) is 11.3 Å². The van der Waals surface area contributed by atoms with Gasteiger partial charge in [-0.2, -0.15) is 5.10 Å². The van der Waals surface area contributed by atoms with Crippen molar-refractivity contribution in [2.24, 2.45) is 0 Å². The predicted molar refractivity (Wildman–Crippen MR) is 122 cm³/mol. The standard InChI is InChI=1S/C23H25ClN4O3/c1-23(2,3)31-22(30)28-10-8-27(9-11-28)16-6-4-15(5-7-16)17-12-18-20(13-19(17)24)25-26-21(18)14-29/h4-7,12-14H,8-11H2,1-3H3,(H,25,26). The molecule has 0 bridgehead atoms. The minimum Gasteiger partial charge on any atom is -0.444 e. The van der Waals surface area contributed by atoms with Gasteiger partial charge in [0.05, 0.1) is 10.5 Å². The predicted octanol–water partition coefficient (Wildman–Crippen LogP) is 4.75. The number of amides is 1. The molecule has 4 rings (SSSR count). The van der Waals surface area contributed by atoms with Crippen LogP contribution >= 0.6 is 11.6 Å². The lowest BCUT2D eigenvalue weighted by molar-refractivity contribution is 0.0240. The van der Waals surface area contributed by atoms with E-state index in [1.807, 2.05) is 39.0 Å². The Hall–Kier alpha value is -3.06. The number of aromatic amines is 1. The van der Waals surface area contributed by atoms with Crippen molar-refractivity contribution in [1.29, 1.82) is 0 Å². The summed E-state index contributed by atoms with van der Waals surface area (Å²) in [7, 11) is 0. The highest BCUT2D eigenvalue weighted by molar-refractivity contribution is 6.34. The first-order valence-electron chi connectivity index (χ1n) is 10.2. The van der Waals surface area contributed by atoms with Crippen LogP contribution in [-0.4, -0.2) is 59.3 Å². The van der Waals surface area contributed by atoms with Crippen LogP contribution in [0.3, 0.4) is 0 Å². The first kappa shape index (κ1) is 21.2. The van der Waals surface area contributed by atoms with E-state index in [1.54, 1.807) is 11.0 Å². The fraction of sp³-hybridized carbons (Fsp3) is 0.348. The van der Waals surface area contributed by atoms with Gasteiger partial charge < -0.3 is 14.5 Å². The average molecular weight is 441 g/mol. The summed E-state index contributed by atoms with van der Waals surface area (Å²) in [5, 5.41) is 8.16. The Balaban J connectivity index is 1.47. The average Bonchev–Trinajstić information content (AvgIpc) is 3.14. The molecule has 162 valence electrons. The summed E-state index contributed by atoms with van der Waals surface area (Å²) in [6.07, 6.45) is 0.494. The van der Waals surface area contributed by atoms with Crippen LogP contribution in [0, 0.1) is 0 Å². The third-order valence-corrected chi connectivity index (χ3v) is 5.58. The van der Waals surface area contributed by atoms with E-state index in [9.17, 15) is 9.59 Å². The van der Waals surface area contributed by atoms with Crippen LogP contribution in [0.25, 0.3) is 22.0 Å². The van der Waals surface area contributed by atoms with Crippen LogP contribution in [-0.2, 0) is 4.74 Å². The lowest BCUT2D eigenvalue weighted by Gasteiger charge is -2.36. The van der Waals surface area contributed by atoms with Crippen LogP contribution in [0.4, 0.5) is 10.5 Å². The van der Waals surface area contributed by atoms with Crippen LogP contribution in [0.2, 0.25) is 5.02 Å². The first-order chi connectivity index (χ1) is 14.7. The number of hydrogen-bond donors (Lipinski definition) is 1. The van der Waals surface area contributed by atoms with Gasteiger partial charge in [-0.25, -0.2) is 4.79 Å². The minimum absolute atomic E-state index is 0.263. The number of nitrogens with one attached hydrogen (secondary N) is 1. The maximum absolute atomic E-state index is 12.3. The number of benzene rings is 2. The topological polar surface area (TPSA) is 78.5 Å². The van der Waals surface area contributed by atoms with Gasteiger partial charge in [0.25, 0.3) is 0 Å². The van der Waals surface area contributed by atoms with Gasteiger partial charge in [0.15, 0.2) is 6.29 Å². The molecule has 0 atom stereocenters. The molecule has 1 amide bonds. The molecule has 7 nitrogen and oxygen atoms in total. The molecule has 0 aliphatic carbocycles. The van der Waals surface area contributed by atoms with E-state index in [-0.39, 0.29) is 6.09 Å². The number of aromatic nitrogens is 2. The number of piperazine rings is 1. The zero-order valence-electron chi connectivity index (χ0n) is 17.8. The van der Waals surface area contributed by atoms with E-state index in [0.29, 0.717) is 29.3 Å². The third-order valence-electron chi connectivity index (χ3n) is 5.27. The van der Waals surface area contributed by atoms with E-state index >= 15 is 0 Å². The molecule has 2 heterocycles. The maximum Gasteiger partial charge on any atom is 0.410 e. The Bertz CT molecular complexity index is 1110. The number of H-pyrrole nitrogens is 1. The second kappa shape index (κ2) is 8.23. The zero-order valence-corrected chi connectivity index (χ0v) is 18.6.